The molecule has 16 heteroatoms. The van der Waals surface area contributed by atoms with Crippen LogP contribution < -0.4 is 9.47 Å². The van der Waals surface area contributed by atoms with Gasteiger partial charge < -0.3 is 29.2 Å². The van der Waals surface area contributed by atoms with Gasteiger partial charge in [-0.25, -0.2) is 29.5 Å². The van der Waals surface area contributed by atoms with Crippen molar-refractivity contribution < 1.29 is 38.7 Å². The minimum atomic E-state index is -1.00. The van der Waals surface area contributed by atoms with Crippen LogP contribution in [0.4, 0.5) is 0 Å². The van der Waals surface area contributed by atoms with Gasteiger partial charge in [0.05, 0.1) is 46.7 Å². The van der Waals surface area contributed by atoms with E-state index in [1.54, 1.807) is 21.8 Å². The van der Waals surface area contributed by atoms with Gasteiger partial charge in [0.25, 0.3) is 0 Å². The topological polar surface area (TPSA) is 173 Å². The normalized spacial score (nSPS) is 13.3. The number of benzene rings is 4. The number of imidazole rings is 2. The first-order valence-corrected chi connectivity index (χ1v) is 18.1. The quantitative estimate of drug-likeness (QED) is 0.172. The summed E-state index contributed by atoms with van der Waals surface area (Å²) in [5, 5.41) is 20.3. The molecule has 54 heavy (non-hydrogen) atoms. The Morgan fingerprint density at radius 3 is 1.59 bits per heavy atom. The second-order valence-corrected chi connectivity index (χ2v) is 14.0. The van der Waals surface area contributed by atoms with Gasteiger partial charge >= 0.3 is 11.9 Å². The molecule has 14 nitrogen and oxygen atoms in total. The van der Waals surface area contributed by atoms with E-state index in [0.717, 1.165) is 78.5 Å². The fraction of sp³-hybridized carbons (Fsp3) is 0.105. The number of ether oxygens (including phenoxy) is 4. The summed E-state index contributed by atoms with van der Waals surface area (Å²) in [6.45, 7) is 1.39. The molecule has 0 radical (unpaired) electrons. The van der Waals surface area contributed by atoms with Crippen molar-refractivity contribution in [3.05, 3.63) is 118 Å². The number of aromatic carboxylic acids is 2. The Morgan fingerprint density at radius 1 is 0.611 bits per heavy atom. The average molecular weight is 759 g/mol. The second kappa shape index (κ2) is 13.8. The molecule has 0 amide bonds. The summed E-state index contributed by atoms with van der Waals surface area (Å²) in [6.07, 6.45) is 3.30. The molecule has 4 aromatic heterocycles. The average Bonchev–Trinajstić information content (AvgIpc) is 4.02. The van der Waals surface area contributed by atoms with Crippen LogP contribution >= 0.6 is 22.7 Å². The molecular weight excluding hydrogens is 733 g/mol. The van der Waals surface area contributed by atoms with Crippen LogP contribution in [0.25, 0.3) is 54.8 Å². The lowest BCUT2D eigenvalue weighted by Gasteiger charge is -2.17. The van der Waals surface area contributed by atoms with Crippen LogP contribution in [0.2, 0.25) is 0 Å². The van der Waals surface area contributed by atoms with E-state index in [2.05, 4.69) is 19.9 Å². The molecule has 10 rings (SSSR count). The van der Waals surface area contributed by atoms with Gasteiger partial charge in [0.15, 0.2) is 23.8 Å². The molecule has 0 saturated carbocycles. The van der Waals surface area contributed by atoms with Gasteiger partial charge in [0.2, 0.25) is 0 Å². The number of rotatable bonds is 6. The van der Waals surface area contributed by atoms with E-state index >= 15 is 0 Å². The number of hydrogen-bond acceptors (Lipinski definition) is 12. The molecule has 268 valence electrons. The van der Waals surface area contributed by atoms with Crippen molar-refractivity contribution in [2.75, 3.05) is 13.6 Å². The van der Waals surface area contributed by atoms with E-state index in [1.807, 2.05) is 84.9 Å². The molecule has 0 spiro atoms. The fourth-order valence-corrected chi connectivity index (χ4v) is 7.99. The van der Waals surface area contributed by atoms with E-state index in [9.17, 15) is 19.8 Å². The molecule has 0 fully saturated rings. The van der Waals surface area contributed by atoms with E-state index in [1.165, 1.54) is 0 Å². The van der Waals surface area contributed by atoms with E-state index in [0.29, 0.717) is 34.9 Å². The first-order chi connectivity index (χ1) is 26.4. The van der Waals surface area contributed by atoms with Crippen LogP contribution in [-0.2, 0) is 22.7 Å². The molecule has 0 bridgehead atoms. The first-order valence-electron chi connectivity index (χ1n) is 16.4. The Labute approximate surface area is 313 Å². The molecule has 6 heterocycles. The third-order valence-electron chi connectivity index (χ3n) is 8.70. The maximum Gasteiger partial charge on any atom is 0.348 e. The SMILES string of the molecule is O=C(O)c1sc(-n2cnc3cc4c(cc32)COCO4)nc1-c1ccccc1.O=C(O)c1sc(-n2cnc3cc4c(cc32)OCOC4)nc1-c1ccccc1. The highest BCUT2D eigenvalue weighted by Gasteiger charge is 2.24. The molecule has 2 aliphatic heterocycles. The van der Waals surface area contributed by atoms with E-state index in [4.69, 9.17) is 18.9 Å². The van der Waals surface area contributed by atoms with E-state index in [-0.39, 0.29) is 23.3 Å². The second-order valence-electron chi connectivity index (χ2n) is 12.0. The van der Waals surface area contributed by atoms with E-state index < -0.39 is 11.9 Å². The third kappa shape index (κ3) is 6.12. The Bertz CT molecular complexity index is 2520. The van der Waals surface area contributed by atoms with Crippen LogP contribution in [-0.4, -0.2) is 64.8 Å². The van der Waals surface area contributed by atoms with Gasteiger partial charge in [0.1, 0.15) is 33.9 Å². The summed E-state index contributed by atoms with van der Waals surface area (Å²) in [6, 6.07) is 26.2. The lowest BCUT2D eigenvalue weighted by Crippen LogP contribution is -2.11. The maximum atomic E-state index is 11.7. The predicted octanol–water partition coefficient (Wildman–Crippen LogP) is 7.43. The Kier molecular flexibility index (Phi) is 8.55. The van der Waals surface area contributed by atoms with Crippen LogP contribution in [0.15, 0.2) is 97.6 Å². The fourth-order valence-electron chi connectivity index (χ4n) is 6.17. The van der Waals surface area contributed by atoms with Gasteiger partial charge in [-0.05, 0) is 12.1 Å². The molecule has 0 saturated heterocycles. The molecule has 0 atom stereocenters. The van der Waals surface area contributed by atoms with Gasteiger partial charge in [-0.1, -0.05) is 83.3 Å². The molecule has 2 aliphatic rings. The predicted molar refractivity (Wildman–Crippen MR) is 199 cm³/mol. The molecule has 0 aliphatic carbocycles. The van der Waals surface area contributed by atoms with Gasteiger partial charge in [-0.2, -0.15) is 0 Å². The van der Waals surface area contributed by atoms with Gasteiger partial charge in [-0.3, -0.25) is 9.13 Å². The molecule has 4 aromatic carbocycles. The molecule has 8 aromatic rings. The first kappa shape index (κ1) is 33.4. The number of thiazole rings is 2. The van der Waals surface area contributed by atoms with Crippen molar-refractivity contribution in [1.29, 1.82) is 0 Å². The summed E-state index contributed by atoms with van der Waals surface area (Å²) >= 11 is 2.24. The monoisotopic (exact) mass is 758 g/mol. The van der Waals surface area contributed by atoms with Crippen LogP contribution in [0, 0.1) is 0 Å². The van der Waals surface area contributed by atoms with Crippen LogP contribution in [0.3, 0.4) is 0 Å². The lowest BCUT2D eigenvalue weighted by molar-refractivity contribution is -0.0163. The number of nitrogens with zero attached hydrogens (tertiary/aromatic N) is 6. The number of fused-ring (bicyclic) bond motifs is 4. The van der Waals surface area contributed by atoms with Crippen molar-refractivity contribution in [1.82, 2.24) is 29.1 Å². The zero-order chi connectivity index (χ0) is 36.8. The lowest BCUT2D eigenvalue weighted by atomic mass is 10.1. The summed E-state index contributed by atoms with van der Waals surface area (Å²) < 4.78 is 25.3. The highest BCUT2D eigenvalue weighted by molar-refractivity contribution is 7.16. The zero-order valence-corrected chi connectivity index (χ0v) is 29.5. The van der Waals surface area contributed by atoms with Crippen molar-refractivity contribution >= 4 is 56.7 Å². The minimum Gasteiger partial charge on any atom is -0.477 e. The number of carbonyl (C=O) groups is 2. The minimum absolute atomic E-state index is 0.195. The summed E-state index contributed by atoms with van der Waals surface area (Å²) in [5.74, 6) is -0.496. The van der Waals surface area contributed by atoms with Crippen molar-refractivity contribution in [3.63, 3.8) is 0 Å². The molecule has 2 N–H and O–H groups in total. The summed E-state index contributed by atoms with van der Waals surface area (Å²) in [4.78, 5) is 41.9. The Balaban J connectivity index is 0.000000142. The Hall–Kier alpha value is -6.46. The van der Waals surface area contributed by atoms with Crippen molar-refractivity contribution in [2.45, 2.75) is 13.2 Å². The summed E-state index contributed by atoms with van der Waals surface area (Å²) in [7, 11) is 0. The standard InChI is InChI=1S/2C19H13N3O4S/c23-18(24)17-16(11-4-2-1-3-5-11)21-19(27-17)22-9-20-13-7-15-12(6-14(13)22)8-25-10-26-15;23-18(24)17-16(11-4-2-1-3-5-11)21-19(27-17)22-9-20-13-6-12-8-25-10-26-15(12)7-14(13)22/h2*1-7,9H,8,10H2,(H,23,24). The number of carboxylic acids is 2. The molecule has 0 unspecified atom stereocenters. The van der Waals surface area contributed by atoms with Crippen molar-refractivity contribution in [2.24, 2.45) is 0 Å². The maximum absolute atomic E-state index is 11.7. The smallest absolute Gasteiger partial charge is 0.348 e. The van der Waals surface area contributed by atoms with Gasteiger partial charge in [0, 0.05) is 34.4 Å². The Morgan fingerprint density at radius 2 is 1.07 bits per heavy atom. The van der Waals surface area contributed by atoms with Crippen LogP contribution in [0.5, 0.6) is 11.5 Å². The highest BCUT2D eigenvalue weighted by atomic mass is 32.1. The summed E-state index contributed by atoms with van der Waals surface area (Å²) in [5.41, 5.74) is 7.46. The zero-order valence-electron chi connectivity index (χ0n) is 27.9. The highest BCUT2D eigenvalue weighted by Crippen LogP contribution is 2.36. The largest absolute Gasteiger partial charge is 0.477 e. The number of aromatic nitrogens is 6. The van der Waals surface area contributed by atoms with Gasteiger partial charge in [-0.15, -0.1) is 0 Å². The number of carboxylic acid groups (broad SMARTS) is 2. The third-order valence-corrected chi connectivity index (χ3v) is 10.8. The van der Waals surface area contributed by atoms with Crippen LogP contribution in [0.1, 0.15) is 30.5 Å². The number of hydrogen-bond donors (Lipinski definition) is 2. The van der Waals surface area contributed by atoms with Crippen molar-refractivity contribution in [3.8, 4) is 44.3 Å². The molecular formula is C38H26N6O8S2.